The highest BCUT2D eigenvalue weighted by atomic mass is 32.2. The van der Waals surface area contributed by atoms with Gasteiger partial charge < -0.3 is 40.2 Å². The fourth-order valence-corrected chi connectivity index (χ4v) is 10.2. The molecule has 0 bridgehead atoms. The Bertz CT molecular complexity index is 1130. The Kier molecular flexibility index (Phi) is 15.9. The number of hydrogen-bond donors (Lipinski definition) is 4. The number of carbonyl (C=O) groups excluding carboxylic acids is 4. The molecule has 53 heavy (non-hydrogen) atoms. The van der Waals surface area contributed by atoms with Crippen molar-refractivity contribution in [2.45, 2.75) is 153 Å². The van der Waals surface area contributed by atoms with E-state index in [1.807, 2.05) is 55.4 Å². The van der Waals surface area contributed by atoms with Gasteiger partial charge in [-0.2, -0.15) is 0 Å². The first kappa shape index (κ1) is 43.8. The molecule has 0 aromatic rings. The molecule has 4 aliphatic rings. The van der Waals surface area contributed by atoms with Crippen molar-refractivity contribution in [1.82, 2.24) is 0 Å². The minimum absolute atomic E-state index is 0.167. The molecule has 4 aliphatic heterocycles. The number of hydrogen-bond acceptors (Lipinski definition) is 9. The van der Waals surface area contributed by atoms with Crippen molar-refractivity contribution in [2.24, 2.45) is 23.7 Å². The second-order valence-electron chi connectivity index (χ2n) is 18.3. The average Bonchev–Trinajstić information content (AvgIpc) is 3.11. The van der Waals surface area contributed by atoms with E-state index in [1.54, 1.807) is 0 Å². The van der Waals surface area contributed by atoms with Gasteiger partial charge in [0.05, 0.1) is 65.2 Å². The summed E-state index contributed by atoms with van der Waals surface area (Å²) in [6, 6.07) is 0. The first-order chi connectivity index (χ1) is 24.9. The molecule has 13 heteroatoms. The van der Waals surface area contributed by atoms with Crippen molar-refractivity contribution in [3.05, 3.63) is 0 Å². The van der Waals surface area contributed by atoms with Gasteiger partial charge in [-0.15, -0.1) is 11.8 Å². The quantitative estimate of drug-likeness (QED) is 0.128. The summed E-state index contributed by atoms with van der Waals surface area (Å²) in [7, 11) is 0. The molecular weight excluding hydrogens is 697 g/mol. The van der Waals surface area contributed by atoms with Gasteiger partial charge in [-0.3, -0.25) is 19.2 Å². The standard InChI is InChI=1S/C40H70N4O8S/c1-37(2,27-9-17-41-18-10-27)49-33(45)25-31(35(47)51-39(5,6)29-13-21-43-22-14-29)53-32(36(48)52-40(7,8)30-15-23-44-24-16-30)26-34(46)50-38(3,4)28-11-19-42-20-12-28/h27-32,41-44H,9-26H2,1-8H3/p+4. The predicted molar refractivity (Wildman–Crippen MR) is 203 cm³/mol. The highest BCUT2D eigenvalue weighted by Gasteiger charge is 2.44. The first-order valence-corrected chi connectivity index (χ1v) is 21.7. The number of carbonyl (C=O) groups is 4. The van der Waals surface area contributed by atoms with E-state index in [-0.39, 0.29) is 36.5 Å². The molecule has 0 aliphatic carbocycles. The Morgan fingerprint density at radius 3 is 0.925 bits per heavy atom. The van der Waals surface area contributed by atoms with Crippen LogP contribution in [0.25, 0.3) is 0 Å². The summed E-state index contributed by atoms with van der Waals surface area (Å²) in [5, 5.41) is 6.91. The van der Waals surface area contributed by atoms with Gasteiger partial charge in [0.15, 0.2) is 0 Å². The Balaban J connectivity index is 1.58. The van der Waals surface area contributed by atoms with Crippen LogP contribution in [-0.4, -0.2) is 109 Å². The lowest BCUT2D eigenvalue weighted by Crippen LogP contribution is -2.86. The zero-order valence-corrected chi connectivity index (χ0v) is 35.0. The minimum Gasteiger partial charge on any atom is -0.459 e. The summed E-state index contributed by atoms with van der Waals surface area (Å²) < 4.78 is 24.8. The molecule has 4 saturated heterocycles. The van der Waals surface area contributed by atoms with E-state index < -0.39 is 56.8 Å². The van der Waals surface area contributed by atoms with Gasteiger partial charge in [-0.25, -0.2) is 0 Å². The van der Waals surface area contributed by atoms with Crippen molar-refractivity contribution in [1.29, 1.82) is 0 Å². The molecule has 0 aromatic carbocycles. The summed E-state index contributed by atoms with van der Waals surface area (Å²) in [4.78, 5) is 56.1. The SMILES string of the molecule is CC(C)(OC(=O)CC(SC(CC(=O)OC(C)(C)C1CC[NH2+]CC1)C(=O)OC(C)(C)C1CC[NH2+]CC1)C(=O)OC(C)(C)C1CC[NH2+]CC1)C1CC[NH2+]CC1. The number of piperidine rings is 4. The highest BCUT2D eigenvalue weighted by Crippen LogP contribution is 2.37. The number of quaternary nitrogens is 4. The molecule has 0 amide bonds. The van der Waals surface area contributed by atoms with Crippen LogP contribution in [0.3, 0.4) is 0 Å². The van der Waals surface area contributed by atoms with Crippen molar-refractivity contribution >= 4 is 35.6 Å². The number of thioether (sulfide) groups is 1. The zero-order chi connectivity index (χ0) is 38.9. The van der Waals surface area contributed by atoms with E-state index in [2.05, 4.69) is 21.3 Å². The van der Waals surface area contributed by atoms with Crippen LogP contribution in [0.5, 0.6) is 0 Å². The van der Waals surface area contributed by atoms with Gasteiger partial charge >= 0.3 is 23.9 Å². The third-order valence-corrected chi connectivity index (χ3v) is 14.1. The topological polar surface area (TPSA) is 172 Å². The van der Waals surface area contributed by atoms with E-state index in [1.165, 1.54) is 0 Å². The predicted octanol–water partition coefficient (Wildman–Crippen LogP) is 0.418. The van der Waals surface area contributed by atoms with Crippen molar-refractivity contribution in [3.8, 4) is 0 Å². The number of esters is 4. The van der Waals surface area contributed by atoms with Gasteiger partial charge in [0.2, 0.25) is 0 Å². The van der Waals surface area contributed by atoms with Crippen LogP contribution in [-0.2, 0) is 38.1 Å². The van der Waals surface area contributed by atoms with Crippen LogP contribution in [0, 0.1) is 23.7 Å². The lowest BCUT2D eigenvalue weighted by atomic mass is 9.83. The van der Waals surface area contributed by atoms with E-state index in [9.17, 15) is 19.2 Å². The fourth-order valence-electron chi connectivity index (χ4n) is 9.02. The lowest BCUT2D eigenvalue weighted by molar-refractivity contribution is -0.666. The van der Waals surface area contributed by atoms with Gasteiger partial charge in [-0.1, -0.05) is 0 Å². The molecule has 0 spiro atoms. The smallest absolute Gasteiger partial charge is 0.320 e. The highest BCUT2D eigenvalue weighted by molar-refractivity contribution is 8.01. The monoisotopic (exact) mass is 771 g/mol. The summed E-state index contributed by atoms with van der Waals surface area (Å²) in [5.74, 6) is -1.45. The third kappa shape index (κ3) is 13.1. The molecule has 304 valence electrons. The normalized spacial score (nSPS) is 22.0. The second-order valence-corrected chi connectivity index (χ2v) is 19.7. The van der Waals surface area contributed by atoms with Crippen LogP contribution in [0.4, 0.5) is 0 Å². The van der Waals surface area contributed by atoms with Gasteiger partial charge in [0, 0.05) is 75.0 Å². The third-order valence-electron chi connectivity index (χ3n) is 12.7. The number of nitrogens with two attached hydrogens (primary N) is 4. The van der Waals surface area contributed by atoms with E-state index >= 15 is 0 Å². The van der Waals surface area contributed by atoms with Crippen molar-refractivity contribution < 1.29 is 59.4 Å². The Labute approximate surface area is 322 Å². The number of ether oxygens (including phenoxy) is 4. The molecule has 4 heterocycles. The summed E-state index contributed by atoms with van der Waals surface area (Å²) in [5.41, 5.74) is -2.98. The van der Waals surface area contributed by atoms with Crippen LogP contribution >= 0.6 is 11.8 Å². The molecule has 0 radical (unpaired) electrons. The molecule has 4 fully saturated rings. The summed E-state index contributed by atoms with van der Waals surface area (Å²) in [6.07, 6.45) is 6.83. The fraction of sp³-hybridized carbons (Fsp3) is 0.900. The molecular formula is C40H74N4O8S+4. The van der Waals surface area contributed by atoms with E-state index in [4.69, 9.17) is 18.9 Å². The van der Waals surface area contributed by atoms with E-state index in [0.29, 0.717) is 0 Å². The molecule has 2 atom stereocenters. The summed E-state index contributed by atoms with van der Waals surface area (Å²) >= 11 is 0.987. The van der Waals surface area contributed by atoms with Crippen molar-refractivity contribution in [3.63, 3.8) is 0 Å². The van der Waals surface area contributed by atoms with Gasteiger partial charge in [0.25, 0.3) is 0 Å². The average molecular weight is 771 g/mol. The van der Waals surface area contributed by atoms with Crippen LogP contribution in [0.1, 0.15) is 120 Å². The maximum atomic E-state index is 14.3. The largest absolute Gasteiger partial charge is 0.459 e. The maximum Gasteiger partial charge on any atom is 0.320 e. The van der Waals surface area contributed by atoms with Gasteiger partial charge in [0.1, 0.15) is 32.9 Å². The Hall–Kier alpha value is -1.93. The van der Waals surface area contributed by atoms with E-state index in [0.717, 1.165) is 115 Å². The molecule has 12 nitrogen and oxygen atoms in total. The lowest BCUT2D eigenvalue weighted by Gasteiger charge is -2.38. The summed E-state index contributed by atoms with van der Waals surface area (Å²) in [6.45, 7) is 23.3. The van der Waals surface area contributed by atoms with Crippen molar-refractivity contribution in [2.75, 3.05) is 52.4 Å². The Morgan fingerprint density at radius 1 is 0.453 bits per heavy atom. The maximum absolute atomic E-state index is 14.3. The molecule has 8 N–H and O–H groups in total. The molecule has 2 unspecified atom stereocenters. The van der Waals surface area contributed by atoms with Crippen LogP contribution in [0.15, 0.2) is 0 Å². The molecule has 0 aromatic heterocycles. The minimum atomic E-state index is -1.09. The second kappa shape index (κ2) is 19.3. The molecule has 4 rings (SSSR count). The van der Waals surface area contributed by atoms with Crippen LogP contribution in [0.2, 0.25) is 0 Å². The van der Waals surface area contributed by atoms with Crippen LogP contribution < -0.4 is 21.3 Å². The zero-order valence-electron chi connectivity index (χ0n) is 34.2. The first-order valence-electron chi connectivity index (χ1n) is 20.7. The number of rotatable bonds is 16. The van der Waals surface area contributed by atoms with Gasteiger partial charge in [-0.05, 0) is 55.4 Å². The molecule has 0 saturated carbocycles. The Morgan fingerprint density at radius 2 is 0.679 bits per heavy atom.